The fourth-order valence-electron chi connectivity index (χ4n) is 1.99. The number of benzene rings is 2. The van der Waals surface area contributed by atoms with Crippen LogP contribution in [0.2, 0.25) is 0 Å². The molecule has 2 amide bonds. The van der Waals surface area contributed by atoms with Gasteiger partial charge in [-0.25, -0.2) is 0 Å². The van der Waals surface area contributed by atoms with E-state index in [4.69, 9.17) is 0 Å². The molecule has 4 nitrogen and oxygen atoms in total. The van der Waals surface area contributed by atoms with E-state index in [1.165, 1.54) is 5.56 Å². The zero-order valence-corrected chi connectivity index (χ0v) is 14.7. The Bertz CT molecular complexity index is 711. The van der Waals surface area contributed by atoms with Crippen molar-refractivity contribution < 1.29 is 9.59 Å². The van der Waals surface area contributed by atoms with E-state index in [0.717, 1.165) is 15.6 Å². The summed E-state index contributed by atoms with van der Waals surface area (Å²) in [6, 6.07) is 13.4. The van der Waals surface area contributed by atoms with Gasteiger partial charge >= 0.3 is 0 Å². The molecule has 0 heterocycles. The lowest BCUT2D eigenvalue weighted by Crippen LogP contribution is -2.27. The summed E-state index contributed by atoms with van der Waals surface area (Å²) in [4.78, 5) is 23.7. The largest absolute Gasteiger partial charge is 0.352 e. The molecule has 0 aliphatic rings. The summed E-state index contributed by atoms with van der Waals surface area (Å²) in [5, 5.41) is 5.46. The van der Waals surface area contributed by atoms with Gasteiger partial charge in [-0.2, -0.15) is 0 Å². The molecule has 2 aromatic rings. The van der Waals surface area contributed by atoms with Crippen LogP contribution in [0.4, 0.5) is 5.69 Å². The zero-order chi connectivity index (χ0) is 16.8. The summed E-state index contributed by atoms with van der Waals surface area (Å²) < 4.78 is 0.916. The lowest BCUT2D eigenvalue weighted by atomic mass is 10.1. The third-order valence-corrected chi connectivity index (χ3v) is 4.24. The van der Waals surface area contributed by atoms with Crippen molar-refractivity contribution in [2.24, 2.45) is 0 Å². The van der Waals surface area contributed by atoms with Crippen LogP contribution in [0.15, 0.2) is 46.9 Å². The van der Waals surface area contributed by atoms with Gasteiger partial charge in [0.05, 0.1) is 0 Å². The molecule has 0 saturated heterocycles. The summed E-state index contributed by atoms with van der Waals surface area (Å²) in [6.45, 7) is 4.40. The lowest BCUT2D eigenvalue weighted by Gasteiger charge is -2.08. The first-order valence-corrected chi connectivity index (χ1v) is 8.11. The van der Waals surface area contributed by atoms with E-state index in [0.29, 0.717) is 12.2 Å². The smallest absolute Gasteiger partial charge is 0.233 e. The van der Waals surface area contributed by atoms with Crippen molar-refractivity contribution in [3.8, 4) is 0 Å². The number of carbonyl (C=O) groups excluding carboxylic acids is 2. The van der Waals surface area contributed by atoms with Crippen molar-refractivity contribution in [3.05, 3.63) is 63.6 Å². The summed E-state index contributed by atoms with van der Waals surface area (Å²) in [7, 11) is 0. The minimum Gasteiger partial charge on any atom is -0.352 e. The van der Waals surface area contributed by atoms with Crippen LogP contribution in [0, 0.1) is 13.8 Å². The Morgan fingerprint density at radius 2 is 1.70 bits per heavy atom. The average molecular weight is 375 g/mol. The second kappa shape index (κ2) is 7.92. The highest BCUT2D eigenvalue weighted by molar-refractivity contribution is 9.10. The second-order valence-electron chi connectivity index (χ2n) is 5.45. The number of aryl methyl sites for hydroxylation is 2. The van der Waals surface area contributed by atoms with Crippen LogP contribution in [-0.2, 0) is 16.1 Å². The predicted molar refractivity (Wildman–Crippen MR) is 95.2 cm³/mol. The Morgan fingerprint density at radius 1 is 1.00 bits per heavy atom. The maximum Gasteiger partial charge on any atom is 0.233 e. The van der Waals surface area contributed by atoms with Crippen LogP contribution in [0.3, 0.4) is 0 Å². The maximum absolute atomic E-state index is 11.9. The first-order valence-electron chi connectivity index (χ1n) is 7.32. The van der Waals surface area contributed by atoms with Crippen molar-refractivity contribution in [1.82, 2.24) is 5.32 Å². The van der Waals surface area contributed by atoms with Gasteiger partial charge in [0.15, 0.2) is 0 Å². The predicted octanol–water partition coefficient (Wildman–Crippen LogP) is 3.71. The number of hydrogen-bond donors (Lipinski definition) is 2. The molecule has 0 bridgehead atoms. The van der Waals surface area contributed by atoms with Crippen LogP contribution >= 0.6 is 15.9 Å². The first-order chi connectivity index (χ1) is 10.9. The molecule has 0 fully saturated rings. The van der Waals surface area contributed by atoms with Crippen molar-refractivity contribution >= 4 is 33.4 Å². The number of nitrogens with one attached hydrogen (secondary N) is 2. The van der Waals surface area contributed by atoms with Crippen LogP contribution in [0.5, 0.6) is 0 Å². The van der Waals surface area contributed by atoms with E-state index in [1.54, 1.807) is 0 Å². The molecule has 0 unspecified atom stereocenters. The second-order valence-corrected chi connectivity index (χ2v) is 6.31. The van der Waals surface area contributed by atoms with Gasteiger partial charge in [-0.1, -0.05) is 51.8 Å². The Kier molecular flexibility index (Phi) is 5.93. The third kappa shape index (κ3) is 5.53. The minimum absolute atomic E-state index is 0.197. The van der Waals surface area contributed by atoms with Crippen LogP contribution in [-0.4, -0.2) is 11.8 Å². The molecule has 0 aromatic heterocycles. The van der Waals surface area contributed by atoms with E-state index >= 15 is 0 Å². The molecular weight excluding hydrogens is 356 g/mol. The summed E-state index contributed by atoms with van der Waals surface area (Å²) in [5.41, 5.74) is 3.92. The molecule has 2 aromatic carbocycles. The Hall–Kier alpha value is -2.14. The number of halogens is 1. The van der Waals surface area contributed by atoms with E-state index < -0.39 is 0 Å². The van der Waals surface area contributed by atoms with Crippen molar-refractivity contribution in [3.63, 3.8) is 0 Å². The standard InChI is InChI=1S/C18H19BrN2O2/c1-12-3-6-14(7-4-12)11-20-17(22)10-18(23)21-15-8-5-13(2)16(19)9-15/h3-9H,10-11H2,1-2H3,(H,20,22)(H,21,23). The Balaban J connectivity index is 1.81. The van der Waals surface area contributed by atoms with Crippen LogP contribution < -0.4 is 10.6 Å². The number of anilines is 1. The third-order valence-electron chi connectivity index (χ3n) is 3.39. The lowest BCUT2D eigenvalue weighted by molar-refractivity contribution is -0.126. The molecule has 0 aliphatic carbocycles. The molecule has 2 rings (SSSR count). The SMILES string of the molecule is Cc1ccc(CNC(=O)CC(=O)Nc2ccc(C)c(Br)c2)cc1. The maximum atomic E-state index is 11.9. The van der Waals surface area contributed by atoms with Crippen molar-refractivity contribution in [2.75, 3.05) is 5.32 Å². The van der Waals surface area contributed by atoms with Gasteiger partial charge in [0.1, 0.15) is 6.42 Å². The topological polar surface area (TPSA) is 58.2 Å². The molecule has 5 heteroatoms. The molecular formula is C18H19BrN2O2. The van der Waals surface area contributed by atoms with Gasteiger partial charge in [0.2, 0.25) is 11.8 Å². The fourth-order valence-corrected chi connectivity index (χ4v) is 2.37. The van der Waals surface area contributed by atoms with E-state index in [1.807, 2.05) is 56.3 Å². The molecule has 0 atom stereocenters. The molecule has 0 radical (unpaired) electrons. The molecule has 0 spiro atoms. The molecule has 23 heavy (non-hydrogen) atoms. The molecule has 120 valence electrons. The summed E-state index contributed by atoms with van der Waals surface area (Å²) in [6.07, 6.45) is -0.197. The normalized spacial score (nSPS) is 10.2. The summed E-state index contributed by atoms with van der Waals surface area (Å²) >= 11 is 3.41. The highest BCUT2D eigenvalue weighted by Crippen LogP contribution is 2.20. The minimum atomic E-state index is -0.331. The number of rotatable bonds is 5. The molecule has 0 aliphatic heterocycles. The van der Waals surface area contributed by atoms with E-state index in [2.05, 4.69) is 26.6 Å². The highest BCUT2D eigenvalue weighted by Gasteiger charge is 2.10. The van der Waals surface area contributed by atoms with E-state index in [9.17, 15) is 9.59 Å². The number of carbonyl (C=O) groups is 2. The first kappa shape index (κ1) is 17.2. The quantitative estimate of drug-likeness (QED) is 0.783. The van der Waals surface area contributed by atoms with Gasteiger partial charge < -0.3 is 10.6 Å². The molecule has 2 N–H and O–H groups in total. The van der Waals surface area contributed by atoms with Crippen molar-refractivity contribution in [2.45, 2.75) is 26.8 Å². The number of amides is 2. The fraction of sp³-hybridized carbons (Fsp3) is 0.222. The van der Waals surface area contributed by atoms with Gasteiger partial charge in [-0.15, -0.1) is 0 Å². The van der Waals surface area contributed by atoms with E-state index in [-0.39, 0.29) is 18.2 Å². The Morgan fingerprint density at radius 3 is 2.35 bits per heavy atom. The Labute approximate surface area is 144 Å². The van der Waals surface area contributed by atoms with Crippen molar-refractivity contribution in [1.29, 1.82) is 0 Å². The number of hydrogen-bond acceptors (Lipinski definition) is 2. The van der Waals surface area contributed by atoms with Crippen LogP contribution in [0.25, 0.3) is 0 Å². The monoisotopic (exact) mass is 374 g/mol. The summed E-state index contributed by atoms with van der Waals surface area (Å²) in [5.74, 6) is -0.628. The van der Waals surface area contributed by atoms with Gasteiger partial charge in [0.25, 0.3) is 0 Å². The average Bonchev–Trinajstić information content (AvgIpc) is 2.50. The van der Waals surface area contributed by atoms with Gasteiger partial charge in [-0.05, 0) is 37.1 Å². The van der Waals surface area contributed by atoms with Gasteiger partial charge in [-0.3, -0.25) is 9.59 Å². The van der Waals surface area contributed by atoms with Gasteiger partial charge in [0, 0.05) is 16.7 Å². The van der Waals surface area contributed by atoms with Crippen LogP contribution in [0.1, 0.15) is 23.1 Å². The zero-order valence-electron chi connectivity index (χ0n) is 13.2. The highest BCUT2D eigenvalue weighted by atomic mass is 79.9. The molecule has 0 saturated carbocycles.